The third-order valence-corrected chi connectivity index (χ3v) is 3.99. The molecule has 1 aliphatic rings. The van der Waals surface area contributed by atoms with E-state index in [1.807, 2.05) is 0 Å². The lowest BCUT2D eigenvalue weighted by molar-refractivity contribution is -0.384. The summed E-state index contributed by atoms with van der Waals surface area (Å²) in [6.45, 7) is 1.56. The summed E-state index contributed by atoms with van der Waals surface area (Å²) < 4.78 is 5.47. The molecule has 1 atom stereocenters. The molecule has 0 saturated heterocycles. The van der Waals surface area contributed by atoms with Crippen molar-refractivity contribution in [1.82, 2.24) is 5.32 Å². The van der Waals surface area contributed by atoms with E-state index in [0.717, 1.165) is 19.3 Å². The Balaban J connectivity index is 2.01. The molecule has 1 aromatic rings. The van der Waals surface area contributed by atoms with Crippen LogP contribution in [0.2, 0.25) is 0 Å². The van der Waals surface area contributed by atoms with Crippen LogP contribution in [-0.4, -0.2) is 22.5 Å². The number of amides is 1. The second-order valence-corrected chi connectivity index (χ2v) is 5.76. The van der Waals surface area contributed by atoms with E-state index in [2.05, 4.69) is 11.4 Å². The maximum absolute atomic E-state index is 12.3. The fourth-order valence-corrected chi connectivity index (χ4v) is 2.69. The molecule has 0 unspecified atom stereocenters. The summed E-state index contributed by atoms with van der Waals surface area (Å²) >= 11 is 0. The summed E-state index contributed by atoms with van der Waals surface area (Å²) in [6.07, 6.45) is 3.32. The largest absolute Gasteiger partial charge is 0.481 e. The summed E-state index contributed by atoms with van der Waals surface area (Å²) in [5.41, 5.74) is -0.925. The average Bonchev–Trinajstić information content (AvgIpc) is 2.55. The number of nitro benzene ring substituents is 1. The number of carbonyl (C=O) groups excluding carboxylic acids is 1. The molecule has 1 fully saturated rings. The molecule has 1 saturated carbocycles. The molecule has 7 nitrogen and oxygen atoms in total. The number of rotatable bonds is 5. The van der Waals surface area contributed by atoms with Crippen LogP contribution in [0, 0.1) is 21.4 Å². The maximum atomic E-state index is 12.3. The van der Waals surface area contributed by atoms with Gasteiger partial charge in [0.15, 0.2) is 6.10 Å². The standard InChI is InChI=1S/C16H19N3O4/c1-12(23-14-7-5-6-13(10-14)19(21)22)15(20)18-16(11-17)8-3-2-4-9-16/h5-7,10,12H,2-4,8-9H2,1H3,(H,18,20)/t12-/m1/s1. The SMILES string of the molecule is C[C@@H](Oc1cccc([N+](=O)[O-])c1)C(=O)NC1(C#N)CCCCC1. The van der Waals surface area contributed by atoms with Gasteiger partial charge in [0.05, 0.1) is 17.1 Å². The zero-order valence-corrected chi connectivity index (χ0v) is 12.9. The summed E-state index contributed by atoms with van der Waals surface area (Å²) in [6, 6.07) is 7.88. The Kier molecular flexibility index (Phi) is 5.16. The van der Waals surface area contributed by atoms with E-state index >= 15 is 0 Å². The Bertz CT molecular complexity index is 632. The highest BCUT2D eigenvalue weighted by Crippen LogP contribution is 2.28. The molecule has 0 spiro atoms. The van der Waals surface area contributed by atoms with Gasteiger partial charge in [0.1, 0.15) is 11.3 Å². The number of ether oxygens (including phenoxy) is 1. The van der Waals surface area contributed by atoms with E-state index in [1.165, 1.54) is 18.2 Å². The van der Waals surface area contributed by atoms with Gasteiger partial charge in [-0.3, -0.25) is 14.9 Å². The van der Waals surface area contributed by atoms with Crippen molar-refractivity contribution in [3.8, 4) is 11.8 Å². The van der Waals surface area contributed by atoms with Crippen LogP contribution in [0.25, 0.3) is 0 Å². The molecule has 122 valence electrons. The van der Waals surface area contributed by atoms with Crippen LogP contribution in [-0.2, 0) is 4.79 Å². The molecule has 0 bridgehead atoms. The quantitative estimate of drug-likeness (QED) is 0.664. The first-order valence-electron chi connectivity index (χ1n) is 7.60. The Hall–Kier alpha value is -2.62. The number of nitro groups is 1. The highest BCUT2D eigenvalue weighted by molar-refractivity contribution is 5.82. The Labute approximate surface area is 134 Å². The first-order valence-corrected chi connectivity index (χ1v) is 7.60. The molecular weight excluding hydrogens is 298 g/mol. The molecule has 1 aliphatic carbocycles. The number of nitrogens with zero attached hydrogens (tertiary/aromatic N) is 2. The lowest BCUT2D eigenvalue weighted by atomic mass is 9.83. The van der Waals surface area contributed by atoms with Gasteiger partial charge in [0.2, 0.25) is 0 Å². The minimum absolute atomic E-state index is 0.101. The first-order chi connectivity index (χ1) is 11.0. The van der Waals surface area contributed by atoms with E-state index in [0.29, 0.717) is 12.8 Å². The lowest BCUT2D eigenvalue weighted by Gasteiger charge is -2.32. The highest BCUT2D eigenvalue weighted by Gasteiger charge is 2.35. The van der Waals surface area contributed by atoms with Crippen molar-refractivity contribution in [2.24, 2.45) is 0 Å². The van der Waals surface area contributed by atoms with E-state index in [4.69, 9.17) is 4.74 Å². The monoisotopic (exact) mass is 317 g/mol. The molecule has 1 N–H and O–H groups in total. The number of nitriles is 1. The molecule has 7 heteroatoms. The second kappa shape index (κ2) is 7.09. The van der Waals surface area contributed by atoms with Crippen LogP contribution < -0.4 is 10.1 Å². The van der Waals surface area contributed by atoms with Gasteiger partial charge in [-0.05, 0) is 25.8 Å². The van der Waals surface area contributed by atoms with Gasteiger partial charge in [-0.25, -0.2) is 0 Å². The van der Waals surface area contributed by atoms with E-state index in [-0.39, 0.29) is 17.3 Å². The molecule has 0 aliphatic heterocycles. The highest BCUT2D eigenvalue weighted by atomic mass is 16.6. The van der Waals surface area contributed by atoms with Crippen molar-refractivity contribution in [3.05, 3.63) is 34.4 Å². The fraction of sp³-hybridized carbons (Fsp3) is 0.500. The lowest BCUT2D eigenvalue weighted by Crippen LogP contribution is -2.52. The van der Waals surface area contributed by atoms with Gasteiger partial charge < -0.3 is 10.1 Å². The van der Waals surface area contributed by atoms with E-state index < -0.39 is 16.6 Å². The van der Waals surface area contributed by atoms with Crippen molar-refractivity contribution in [2.75, 3.05) is 0 Å². The zero-order valence-electron chi connectivity index (χ0n) is 12.9. The van der Waals surface area contributed by atoms with Crippen molar-refractivity contribution in [3.63, 3.8) is 0 Å². The predicted octanol–water partition coefficient (Wildman–Crippen LogP) is 2.70. The Morgan fingerprint density at radius 3 is 2.74 bits per heavy atom. The van der Waals surface area contributed by atoms with Crippen LogP contribution >= 0.6 is 0 Å². The van der Waals surface area contributed by atoms with Crippen LogP contribution in [0.4, 0.5) is 5.69 Å². The van der Waals surface area contributed by atoms with Gasteiger partial charge >= 0.3 is 0 Å². The average molecular weight is 317 g/mol. The summed E-state index contributed by atoms with van der Waals surface area (Å²) in [7, 11) is 0. The van der Waals surface area contributed by atoms with Gasteiger partial charge in [0, 0.05) is 6.07 Å². The normalized spacial score (nSPS) is 17.6. The molecule has 1 amide bonds. The second-order valence-electron chi connectivity index (χ2n) is 5.76. The number of carbonyl (C=O) groups is 1. The maximum Gasteiger partial charge on any atom is 0.273 e. The number of non-ortho nitro benzene ring substituents is 1. The van der Waals surface area contributed by atoms with Crippen molar-refractivity contribution >= 4 is 11.6 Å². The minimum Gasteiger partial charge on any atom is -0.481 e. The topological polar surface area (TPSA) is 105 Å². The van der Waals surface area contributed by atoms with Crippen molar-refractivity contribution < 1.29 is 14.5 Å². The van der Waals surface area contributed by atoms with Crippen LogP contribution in [0.15, 0.2) is 24.3 Å². The van der Waals surface area contributed by atoms with Crippen LogP contribution in [0.3, 0.4) is 0 Å². The van der Waals surface area contributed by atoms with Crippen molar-refractivity contribution in [2.45, 2.75) is 50.7 Å². The van der Waals surface area contributed by atoms with Gasteiger partial charge in [0.25, 0.3) is 11.6 Å². The number of nitrogens with one attached hydrogen (secondary N) is 1. The smallest absolute Gasteiger partial charge is 0.273 e. The first kappa shape index (κ1) is 16.7. The number of hydrogen-bond acceptors (Lipinski definition) is 5. The molecule has 2 rings (SSSR count). The Morgan fingerprint density at radius 1 is 1.43 bits per heavy atom. The summed E-state index contributed by atoms with van der Waals surface area (Å²) in [4.78, 5) is 22.5. The number of benzene rings is 1. The Morgan fingerprint density at radius 2 is 2.13 bits per heavy atom. The minimum atomic E-state index is -0.843. The molecule has 0 radical (unpaired) electrons. The van der Waals surface area contributed by atoms with E-state index in [9.17, 15) is 20.2 Å². The molecule has 23 heavy (non-hydrogen) atoms. The summed E-state index contributed by atoms with van der Waals surface area (Å²) in [5.74, 6) is -0.142. The third-order valence-electron chi connectivity index (χ3n) is 3.99. The molecular formula is C16H19N3O4. The van der Waals surface area contributed by atoms with Gasteiger partial charge in [-0.15, -0.1) is 0 Å². The fourth-order valence-electron chi connectivity index (χ4n) is 2.69. The molecule has 1 aromatic carbocycles. The van der Waals surface area contributed by atoms with Gasteiger partial charge in [-0.1, -0.05) is 25.3 Å². The third kappa shape index (κ3) is 4.19. The van der Waals surface area contributed by atoms with E-state index in [1.54, 1.807) is 13.0 Å². The van der Waals surface area contributed by atoms with Crippen molar-refractivity contribution in [1.29, 1.82) is 5.26 Å². The van der Waals surface area contributed by atoms with Crippen LogP contribution in [0.5, 0.6) is 5.75 Å². The molecule has 0 heterocycles. The van der Waals surface area contributed by atoms with Gasteiger partial charge in [-0.2, -0.15) is 5.26 Å². The van der Waals surface area contributed by atoms with Crippen LogP contribution in [0.1, 0.15) is 39.0 Å². The zero-order chi connectivity index (χ0) is 16.9. The summed E-state index contributed by atoms with van der Waals surface area (Å²) in [5, 5.41) is 22.9. The molecule has 0 aromatic heterocycles. The number of hydrogen-bond donors (Lipinski definition) is 1. The predicted molar refractivity (Wildman–Crippen MR) is 82.8 cm³/mol.